The van der Waals surface area contributed by atoms with Gasteiger partial charge in [0.15, 0.2) is 0 Å². The lowest BCUT2D eigenvalue weighted by Crippen LogP contribution is -2.56. The smallest absolute Gasteiger partial charge is 0.0149 e. The van der Waals surface area contributed by atoms with Crippen molar-refractivity contribution in [3.05, 3.63) is 166 Å². The van der Waals surface area contributed by atoms with Gasteiger partial charge >= 0.3 is 0 Å². The minimum absolute atomic E-state index is 0.156. The van der Waals surface area contributed by atoms with E-state index in [2.05, 4.69) is 163 Å². The molecule has 0 heterocycles. The molecule has 0 radical (unpaired) electrons. The van der Waals surface area contributed by atoms with Crippen LogP contribution in [0.25, 0.3) is 0 Å². The second-order valence-electron chi connectivity index (χ2n) is 23.2. The summed E-state index contributed by atoms with van der Waals surface area (Å²) < 4.78 is 0. The zero-order valence-corrected chi connectivity index (χ0v) is 40.6. The molecule has 0 atom stereocenters. The van der Waals surface area contributed by atoms with Crippen molar-refractivity contribution in [2.75, 3.05) is 0 Å². The zero-order chi connectivity index (χ0) is 42.4. The molecule has 8 aliphatic carbocycles. The van der Waals surface area contributed by atoms with Crippen LogP contribution in [0.15, 0.2) is 121 Å². The molecule has 0 unspecified atom stereocenters. The van der Waals surface area contributed by atoms with E-state index in [4.69, 9.17) is 0 Å². The molecule has 0 spiro atoms. The summed E-state index contributed by atoms with van der Waals surface area (Å²) in [6.07, 6.45) is 21.1. The average Bonchev–Trinajstić information content (AvgIpc) is 3.25. The first-order valence-electron chi connectivity index (χ1n) is 24.8. The van der Waals surface area contributed by atoms with Gasteiger partial charge in [0.25, 0.3) is 0 Å². The van der Waals surface area contributed by atoms with Gasteiger partial charge in [-0.15, -0.1) is 0 Å². The lowest BCUT2D eigenvalue weighted by atomic mass is 9.55. The predicted octanol–water partition coefficient (Wildman–Crippen LogP) is 15.5. The van der Waals surface area contributed by atoms with Gasteiger partial charge in [-0.25, -0.2) is 0 Å². The number of hydrogen-bond donors (Lipinski definition) is 0. The van der Waals surface area contributed by atoms with E-state index >= 15 is 0 Å². The maximum Gasteiger partial charge on any atom is 0.0149 e. The van der Waals surface area contributed by atoms with Crippen molar-refractivity contribution >= 4 is 26.5 Å². The van der Waals surface area contributed by atoms with E-state index < -0.39 is 7.92 Å². The first-order chi connectivity index (χ1) is 29.9. The molecule has 8 fully saturated rings. The summed E-state index contributed by atoms with van der Waals surface area (Å²) in [5.41, 5.74) is 11.9. The van der Waals surface area contributed by atoms with Crippen molar-refractivity contribution in [1.29, 1.82) is 0 Å². The van der Waals surface area contributed by atoms with Crippen LogP contribution in [0.2, 0.25) is 0 Å². The Balaban J connectivity index is 1.15. The Kier molecular flexibility index (Phi) is 10.6. The van der Waals surface area contributed by atoms with Crippen molar-refractivity contribution < 1.29 is 0 Å². The summed E-state index contributed by atoms with van der Waals surface area (Å²) >= 11 is 0. The van der Waals surface area contributed by atoms with E-state index in [1.165, 1.54) is 34.0 Å². The maximum absolute atomic E-state index is 2.89. The van der Waals surface area contributed by atoms with Gasteiger partial charge in [-0.2, -0.15) is 0 Å². The highest BCUT2D eigenvalue weighted by Gasteiger charge is 2.62. The van der Waals surface area contributed by atoms with Gasteiger partial charge in [-0.3, -0.25) is 0 Å². The normalized spacial score (nSPS) is 30.3. The molecule has 62 heavy (non-hydrogen) atoms. The Bertz CT molecular complexity index is 2260. The molecule has 8 saturated carbocycles. The monoisotopic (exact) mass is 855 g/mol. The summed E-state index contributed by atoms with van der Waals surface area (Å²) in [5.74, 6) is 5.98. The van der Waals surface area contributed by atoms with Crippen molar-refractivity contribution in [1.82, 2.24) is 0 Å². The van der Waals surface area contributed by atoms with Crippen LogP contribution < -0.4 is 10.6 Å². The summed E-state index contributed by atoms with van der Waals surface area (Å²) in [4.78, 5) is 0. The van der Waals surface area contributed by atoms with Crippen molar-refractivity contribution in [3.8, 4) is 0 Å². The SMILES string of the molecule is Cc1ccccc1P(Cc1cc(C(C)(C)c2ccccc2)c(C(C)(C)c2ccccc2)cc1CP(C12CC3CC(CC(C3)C1)C2)C12CC3CC(CC(C3)C1)C2)c1ccccc1C. The Morgan fingerprint density at radius 1 is 0.435 bits per heavy atom. The molecular weight excluding hydrogens is 783 g/mol. The Hall–Kier alpha value is -3.04. The zero-order valence-electron chi connectivity index (χ0n) is 38.8. The van der Waals surface area contributed by atoms with E-state index in [-0.39, 0.29) is 18.8 Å². The Labute approximate surface area is 378 Å². The maximum atomic E-state index is 2.89. The lowest BCUT2D eigenvalue weighted by Gasteiger charge is -2.67. The Morgan fingerprint density at radius 3 is 1.11 bits per heavy atom. The number of hydrogen-bond acceptors (Lipinski definition) is 0. The lowest BCUT2D eigenvalue weighted by molar-refractivity contribution is 0.0184. The minimum Gasteiger partial charge on any atom is -0.0894 e. The van der Waals surface area contributed by atoms with E-state index in [1.807, 2.05) is 0 Å². The molecule has 0 N–H and O–H groups in total. The Morgan fingerprint density at radius 2 is 0.758 bits per heavy atom. The first kappa shape index (κ1) is 41.7. The molecule has 0 aliphatic heterocycles. The molecule has 8 bridgehead atoms. The topological polar surface area (TPSA) is 0 Å². The molecule has 5 aromatic carbocycles. The third-order valence-electron chi connectivity index (χ3n) is 18.3. The molecule has 0 amide bonds. The fraction of sp³-hybridized carbons (Fsp3) is 0.500. The number of benzene rings is 5. The van der Waals surface area contributed by atoms with Crippen molar-refractivity contribution in [3.63, 3.8) is 0 Å². The third-order valence-corrected chi connectivity index (χ3v) is 25.2. The van der Waals surface area contributed by atoms with Gasteiger partial charge < -0.3 is 0 Å². The van der Waals surface area contributed by atoms with Crippen molar-refractivity contribution in [2.45, 2.75) is 152 Å². The fourth-order valence-corrected chi connectivity index (χ4v) is 24.0. The van der Waals surface area contributed by atoms with Crippen LogP contribution in [0.5, 0.6) is 0 Å². The van der Waals surface area contributed by atoms with Crippen LogP contribution in [0, 0.1) is 49.4 Å². The van der Waals surface area contributed by atoms with E-state index in [9.17, 15) is 0 Å². The first-order valence-corrected chi connectivity index (χ1v) is 27.9. The average molecular weight is 855 g/mol. The predicted molar refractivity (Wildman–Crippen MR) is 268 cm³/mol. The van der Waals surface area contributed by atoms with Gasteiger partial charge in [0.05, 0.1) is 0 Å². The van der Waals surface area contributed by atoms with E-state index in [0.717, 1.165) is 41.7 Å². The molecule has 0 nitrogen and oxygen atoms in total. The molecule has 0 saturated heterocycles. The van der Waals surface area contributed by atoms with Crippen LogP contribution >= 0.6 is 15.8 Å². The molecule has 13 rings (SSSR count). The van der Waals surface area contributed by atoms with Gasteiger partial charge in [-0.05, 0) is 206 Å². The molecule has 8 aliphatic rings. The third kappa shape index (κ3) is 7.24. The summed E-state index contributed by atoms with van der Waals surface area (Å²) in [6.45, 7) is 14.9. The highest BCUT2D eigenvalue weighted by Crippen LogP contribution is 2.80. The minimum atomic E-state index is -0.641. The molecule has 5 aromatic rings. The summed E-state index contributed by atoms with van der Waals surface area (Å²) in [7, 11) is -0.865. The molecule has 322 valence electrons. The highest BCUT2D eigenvalue weighted by molar-refractivity contribution is 7.72. The van der Waals surface area contributed by atoms with Crippen LogP contribution in [0.1, 0.15) is 149 Å². The van der Waals surface area contributed by atoms with Gasteiger partial charge in [0, 0.05) is 17.0 Å². The summed E-state index contributed by atoms with van der Waals surface area (Å²) in [6, 6.07) is 47.6. The van der Waals surface area contributed by atoms with Gasteiger partial charge in [-0.1, -0.05) is 157 Å². The second kappa shape index (κ2) is 15.8. The number of aryl methyl sites for hydroxylation is 2. The van der Waals surface area contributed by atoms with Gasteiger partial charge in [0.1, 0.15) is 0 Å². The quantitative estimate of drug-likeness (QED) is 0.110. The molecular formula is C60H72P2. The van der Waals surface area contributed by atoms with E-state index in [1.54, 1.807) is 104 Å². The van der Waals surface area contributed by atoms with Crippen LogP contribution in [0.3, 0.4) is 0 Å². The standard InChI is InChI=1S/C60H72P2/c1-41-17-13-15-23-55(41)61(56-24-16-14-18-42(56)2)39-49-31-53(57(3,4)51-19-9-7-10-20-51)54(58(5,6)52-21-11-8-12-22-52)32-50(49)40-62(59-33-43-25-44(34-59)27-45(26-43)35-59)60-36-46-28-47(37-60)30-48(29-46)38-60/h7-24,31-32,43-48H,25-30,33-40H2,1-6H3. The summed E-state index contributed by atoms with van der Waals surface area (Å²) in [5, 5.41) is 4.29. The molecule has 2 heteroatoms. The number of rotatable bonds is 12. The van der Waals surface area contributed by atoms with Gasteiger partial charge in [0.2, 0.25) is 0 Å². The fourth-order valence-electron chi connectivity index (χ4n) is 16.0. The second-order valence-corrected chi connectivity index (χ2v) is 28.4. The van der Waals surface area contributed by atoms with Crippen LogP contribution in [-0.4, -0.2) is 10.3 Å². The largest absolute Gasteiger partial charge is 0.0894 e. The molecule has 0 aromatic heterocycles. The van der Waals surface area contributed by atoms with Crippen molar-refractivity contribution in [2.24, 2.45) is 35.5 Å². The van der Waals surface area contributed by atoms with E-state index in [0.29, 0.717) is 10.3 Å². The van der Waals surface area contributed by atoms with Crippen LogP contribution in [0.4, 0.5) is 0 Å². The highest BCUT2D eigenvalue weighted by atomic mass is 31.1. The van der Waals surface area contributed by atoms with Crippen LogP contribution in [-0.2, 0) is 23.2 Å².